The van der Waals surface area contributed by atoms with Crippen molar-refractivity contribution in [3.63, 3.8) is 0 Å². The van der Waals surface area contributed by atoms with Crippen LogP contribution in [0.15, 0.2) is 30.7 Å². The maximum absolute atomic E-state index is 12.3. The number of nitrogens with zero attached hydrogens (tertiary/aromatic N) is 7. The van der Waals surface area contributed by atoms with Crippen LogP contribution in [0.1, 0.15) is 52.8 Å². The number of amides is 1. The Morgan fingerprint density at radius 1 is 1.25 bits per heavy atom. The fraction of sp³-hybridized carbons (Fsp3) is 0.308. The molecule has 1 amide bonds. The number of aromatic nitrogens is 5. The number of carbonyl (C=O) groups is 1. The molecule has 0 saturated carbocycles. The largest absolute Gasteiger partial charge is 0.493 e. The lowest BCUT2D eigenvalue weighted by Gasteiger charge is -2.23. The van der Waals surface area contributed by atoms with E-state index in [1.165, 1.54) is 11.2 Å². The molecule has 4 aromatic rings. The van der Waals surface area contributed by atoms with Crippen molar-refractivity contribution >= 4 is 22.8 Å². The van der Waals surface area contributed by atoms with E-state index in [4.69, 9.17) is 15.6 Å². The number of nitrogen functional groups attached to an aromatic ring is 1. The molecule has 1 atom stereocenters. The third-order valence-electron chi connectivity index (χ3n) is 6.09. The Balaban J connectivity index is 1.94. The molecule has 1 aromatic carbocycles. The Morgan fingerprint density at radius 3 is 2.61 bits per heavy atom. The molecule has 10 nitrogen and oxygen atoms in total. The van der Waals surface area contributed by atoms with Crippen molar-refractivity contribution in [2.75, 3.05) is 26.4 Å². The van der Waals surface area contributed by atoms with Gasteiger partial charge in [0, 0.05) is 37.0 Å². The summed E-state index contributed by atoms with van der Waals surface area (Å²) in [5.74, 6) is 0.730. The van der Waals surface area contributed by atoms with Gasteiger partial charge in [-0.15, -0.1) is 0 Å². The lowest BCUT2D eigenvalue weighted by atomic mass is 9.91. The topological polar surface area (TPSA) is 136 Å². The minimum Gasteiger partial charge on any atom is -0.493 e. The molecule has 0 aliphatic heterocycles. The van der Waals surface area contributed by atoms with Crippen LogP contribution in [0.4, 0.5) is 5.82 Å². The van der Waals surface area contributed by atoms with Gasteiger partial charge in [-0.3, -0.25) is 9.78 Å². The summed E-state index contributed by atoms with van der Waals surface area (Å²) in [5.41, 5.74) is 11.2. The summed E-state index contributed by atoms with van der Waals surface area (Å²) >= 11 is 0. The van der Waals surface area contributed by atoms with Crippen molar-refractivity contribution in [3.05, 3.63) is 58.8 Å². The SMILES string of the molecule is CCOc1c([C@@H](C)n2nc(C)c3c(N)ncnc32)cc(C)c(C#N)c1-c1ccc(C(=O)N(C)C)nc1. The van der Waals surface area contributed by atoms with Crippen LogP contribution >= 0.6 is 0 Å². The standard InChI is InChI=1S/C26H28N8O2/c1-7-36-23-18(16(4)34-25-21(15(3)32-34)24(28)30-13-31-25)10-14(2)19(11-27)22(23)17-8-9-20(29-12-17)26(35)33(5)6/h8-10,12-13,16H,7H2,1-6H3,(H2,28,30,31)/t16-/m1/s1. The molecule has 0 aliphatic carbocycles. The average molecular weight is 485 g/mol. The first-order chi connectivity index (χ1) is 17.2. The summed E-state index contributed by atoms with van der Waals surface area (Å²) in [4.78, 5) is 26.7. The van der Waals surface area contributed by atoms with Gasteiger partial charge in [0.25, 0.3) is 5.91 Å². The van der Waals surface area contributed by atoms with Crippen LogP contribution in [0.3, 0.4) is 0 Å². The van der Waals surface area contributed by atoms with Gasteiger partial charge in [-0.2, -0.15) is 10.4 Å². The predicted octanol–water partition coefficient (Wildman–Crippen LogP) is 3.67. The Morgan fingerprint density at radius 2 is 2.00 bits per heavy atom. The van der Waals surface area contributed by atoms with Crippen molar-refractivity contribution in [1.29, 1.82) is 5.26 Å². The molecule has 4 rings (SSSR count). The number of nitriles is 1. The highest BCUT2D eigenvalue weighted by Crippen LogP contribution is 2.42. The third-order valence-corrected chi connectivity index (χ3v) is 6.09. The van der Waals surface area contributed by atoms with Crippen LogP contribution in [0.2, 0.25) is 0 Å². The molecule has 0 unspecified atom stereocenters. The van der Waals surface area contributed by atoms with E-state index in [0.29, 0.717) is 51.6 Å². The van der Waals surface area contributed by atoms with E-state index in [0.717, 1.165) is 16.8 Å². The maximum atomic E-state index is 12.3. The molecule has 0 bridgehead atoms. The van der Waals surface area contributed by atoms with Crippen LogP contribution < -0.4 is 10.5 Å². The van der Waals surface area contributed by atoms with Gasteiger partial charge in [0.05, 0.1) is 29.3 Å². The van der Waals surface area contributed by atoms with Gasteiger partial charge in [0.2, 0.25) is 0 Å². The molecule has 0 radical (unpaired) electrons. The van der Waals surface area contributed by atoms with Gasteiger partial charge >= 0.3 is 0 Å². The Bertz CT molecular complexity index is 1500. The van der Waals surface area contributed by atoms with Crippen LogP contribution in [0, 0.1) is 25.2 Å². The number of aryl methyl sites for hydroxylation is 2. The predicted molar refractivity (Wildman–Crippen MR) is 137 cm³/mol. The molecule has 36 heavy (non-hydrogen) atoms. The normalized spacial score (nSPS) is 11.8. The van der Waals surface area contributed by atoms with E-state index < -0.39 is 0 Å². The smallest absolute Gasteiger partial charge is 0.271 e. The fourth-order valence-corrected chi connectivity index (χ4v) is 4.32. The number of ether oxygens (including phenoxy) is 1. The fourth-order valence-electron chi connectivity index (χ4n) is 4.32. The molecule has 184 valence electrons. The lowest BCUT2D eigenvalue weighted by molar-refractivity contribution is 0.0822. The van der Waals surface area contributed by atoms with Crippen molar-refractivity contribution in [2.45, 2.75) is 33.7 Å². The molecule has 3 heterocycles. The highest BCUT2D eigenvalue weighted by molar-refractivity contribution is 5.92. The Hall–Kier alpha value is -4.52. The number of hydrogen-bond acceptors (Lipinski definition) is 8. The van der Waals surface area contributed by atoms with Crippen molar-refractivity contribution < 1.29 is 9.53 Å². The zero-order valence-corrected chi connectivity index (χ0v) is 21.2. The Kier molecular flexibility index (Phi) is 6.57. The number of rotatable bonds is 6. The summed E-state index contributed by atoms with van der Waals surface area (Å²) in [5, 5.41) is 15.5. The maximum Gasteiger partial charge on any atom is 0.271 e. The summed E-state index contributed by atoms with van der Waals surface area (Å²) in [6, 6.07) is 7.41. The van der Waals surface area contributed by atoms with Gasteiger partial charge in [-0.05, 0) is 45.4 Å². The van der Waals surface area contributed by atoms with E-state index in [-0.39, 0.29) is 11.9 Å². The molecular formula is C26H28N8O2. The van der Waals surface area contributed by atoms with Gasteiger partial charge in [0.15, 0.2) is 5.65 Å². The number of hydrogen-bond donors (Lipinski definition) is 1. The quantitative estimate of drug-likeness (QED) is 0.438. The van der Waals surface area contributed by atoms with Crippen molar-refractivity contribution in [3.8, 4) is 22.9 Å². The summed E-state index contributed by atoms with van der Waals surface area (Å²) < 4.78 is 7.97. The van der Waals surface area contributed by atoms with Crippen LogP contribution in [0.5, 0.6) is 5.75 Å². The van der Waals surface area contributed by atoms with Crippen LogP contribution in [-0.2, 0) is 0 Å². The van der Waals surface area contributed by atoms with Gasteiger partial charge in [0.1, 0.15) is 29.7 Å². The number of nitrogens with two attached hydrogens (primary N) is 1. The van der Waals surface area contributed by atoms with E-state index in [1.54, 1.807) is 37.1 Å². The number of benzene rings is 1. The van der Waals surface area contributed by atoms with Crippen molar-refractivity contribution in [1.82, 2.24) is 29.6 Å². The number of fused-ring (bicyclic) bond motifs is 1. The van der Waals surface area contributed by atoms with E-state index in [2.05, 4.69) is 21.0 Å². The molecule has 3 aromatic heterocycles. The number of pyridine rings is 1. The summed E-state index contributed by atoms with van der Waals surface area (Å²) in [6.07, 6.45) is 3.02. The molecule has 0 spiro atoms. The van der Waals surface area contributed by atoms with Crippen LogP contribution in [0.25, 0.3) is 22.2 Å². The molecular weight excluding hydrogens is 456 g/mol. The monoisotopic (exact) mass is 484 g/mol. The van der Waals surface area contributed by atoms with E-state index >= 15 is 0 Å². The molecule has 0 saturated heterocycles. The van der Waals surface area contributed by atoms with Gasteiger partial charge in [-0.1, -0.05) is 6.07 Å². The second kappa shape index (κ2) is 9.62. The number of carbonyl (C=O) groups excluding carboxylic acids is 1. The first-order valence-electron chi connectivity index (χ1n) is 11.5. The van der Waals surface area contributed by atoms with Crippen LogP contribution in [-0.4, -0.2) is 56.2 Å². The first-order valence-corrected chi connectivity index (χ1v) is 11.5. The zero-order valence-electron chi connectivity index (χ0n) is 21.2. The summed E-state index contributed by atoms with van der Waals surface area (Å²) in [7, 11) is 3.35. The highest BCUT2D eigenvalue weighted by Gasteiger charge is 2.26. The second-order valence-corrected chi connectivity index (χ2v) is 8.70. The Labute approximate surface area is 209 Å². The van der Waals surface area contributed by atoms with E-state index in [1.807, 2.05) is 33.8 Å². The number of anilines is 1. The molecule has 0 aliphatic rings. The van der Waals surface area contributed by atoms with Gasteiger partial charge < -0.3 is 15.4 Å². The summed E-state index contributed by atoms with van der Waals surface area (Å²) in [6.45, 7) is 8.03. The van der Waals surface area contributed by atoms with Crippen molar-refractivity contribution in [2.24, 2.45) is 0 Å². The first kappa shape index (κ1) is 24.6. The minimum absolute atomic E-state index is 0.201. The molecule has 10 heteroatoms. The molecule has 2 N–H and O–H groups in total. The minimum atomic E-state index is -0.301. The second-order valence-electron chi connectivity index (χ2n) is 8.70. The van der Waals surface area contributed by atoms with E-state index in [9.17, 15) is 10.1 Å². The third kappa shape index (κ3) is 4.09. The lowest BCUT2D eigenvalue weighted by Crippen LogP contribution is -2.22. The average Bonchev–Trinajstić information content (AvgIpc) is 3.21. The van der Waals surface area contributed by atoms with Gasteiger partial charge in [-0.25, -0.2) is 14.6 Å². The zero-order chi connectivity index (χ0) is 26.1. The molecule has 0 fully saturated rings. The highest BCUT2D eigenvalue weighted by atomic mass is 16.5.